The zero-order chi connectivity index (χ0) is 15.2. The van der Waals surface area contributed by atoms with Crippen molar-refractivity contribution in [3.63, 3.8) is 0 Å². The maximum atomic E-state index is 12.1. The average Bonchev–Trinajstić information content (AvgIpc) is 2.41. The van der Waals surface area contributed by atoms with Gasteiger partial charge in [0.05, 0.1) is 6.42 Å². The quantitative estimate of drug-likeness (QED) is 0.864. The fraction of sp³-hybridized carbons (Fsp3) is 0.357. The second-order valence-corrected chi connectivity index (χ2v) is 4.13. The molecule has 1 rings (SSSR count). The van der Waals surface area contributed by atoms with Crippen LogP contribution in [0.1, 0.15) is 22.3 Å². The molecule has 20 heavy (non-hydrogen) atoms. The van der Waals surface area contributed by atoms with Gasteiger partial charge in [-0.05, 0) is 18.2 Å². The van der Waals surface area contributed by atoms with Crippen LogP contribution < -0.4 is 0 Å². The zero-order valence-corrected chi connectivity index (χ0v) is 10.9. The predicted molar refractivity (Wildman–Crippen MR) is 68.0 cm³/mol. The highest BCUT2D eigenvalue weighted by Crippen LogP contribution is 2.20. The van der Waals surface area contributed by atoms with Crippen LogP contribution in [0, 0.1) is 11.8 Å². The van der Waals surface area contributed by atoms with Crippen LogP contribution in [-0.2, 0) is 0 Å². The van der Waals surface area contributed by atoms with Gasteiger partial charge in [0.25, 0.3) is 5.91 Å². The Morgan fingerprint density at radius 2 is 2.10 bits per heavy atom. The van der Waals surface area contributed by atoms with E-state index in [1.165, 1.54) is 19.2 Å². The Bertz CT molecular complexity index is 529. The van der Waals surface area contributed by atoms with Gasteiger partial charge in [0, 0.05) is 24.7 Å². The molecule has 0 saturated carbocycles. The van der Waals surface area contributed by atoms with Gasteiger partial charge in [-0.3, -0.25) is 4.79 Å². The summed E-state index contributed by atoms with van der Waals surface area (Å²) in [5.74, 6) is 4.57. The molecule has 3 nitrogen and oxygen atoms in total. The minimum atomic E-state index is -4.29. The van der Waals surface area contributed by atoms with E-state index < -0.39 is 25.0 Å². The van der Waals surface area contributed by atoms with Crippen molar-refractivity contribution in [2.75, 3.05) is 20.2 Å². The van der Waals surface area contributed by atoms with Gasteiger partial charge in [-0.15, -0.1) is 0 Å². The largest absolute Gasteiger partial charge is 0.390 e. The molecule has 0 heterocycles. The molecule has 1 aromatic carbocycles. The van der Waals surface area contributed by atoms with E-state index in [2.05, 4.69) is 11.8 Å². The van der Waals surface area contributed by atoms with Crippen LogP contribution in [0.5, 0.6) is 0 Å². The number of carbonyl (C=O) groups excluding carboxylic acids is 1. The van der Waals surface area contributed by atoms with Crippen molar-refractivity contribution in [1.82, 2.24) is 4.90 Å². The van der Waals surface area contributed by atoms with Crippen LogP contribution >= 0.6 is 0 Å². The van der Waals surface area contributed by atoms with Gasteiger partial charge in [0.15, 0.2) is 0 Å². The van der Waals surface area contributed by atoms with Gasteiger partial charge in [-0.2, -0.15) is 13.2 Å². The van der Waals surface area contributed by atoms with Crippen LogP contribution in [0.15, 0.2) is 24.3 Å². The Kier molecular flexibility index (Phi) is 5.59. The third kappa shape index (κ3) is 5.33. The molecule has 0 fully saturated rings. The number of amides is 1. The molecule has 0 aliphatic carbocycles. The van der Waals surface area contributed by atoms with Crippen molar-refractivity contribution >= 4 is 5.91 Å². The van der Waals surface area contributed by atoms with Crippen LogP contribution in [0.3, 0.4) is 0 Å². The number of aliphatic hydroxyl groups is 1. The van der Waals surface area contributed by atoms with E-state index in [1.54, 1.807) is 12.1 Å². The Morgan fingerprint density at radius 3 is 2.70 bits per heavy atom. The molecule has 1 aromatic rings. The number of aliphatic hydroxyl groups excluding tert-OH is 1. The molecule has 0 saturated heterocycles. The highest BCUT2D eigenvalue weighted by Gasteiger charge is 2.28. The van der Waals surface area contributed by atoms with Crippen molar-refractivity contribution in [2.45, 2.75) is 12.6 Å². The first-order chi connectivity index (χ1) is 9.33. The number of hydrogen-bond donors (Lipinski definition) is 1. The average molecular weight is 285 g/mol. The molecule has 0 bridgehead atoms. The summed E-state index contributed by atoms with van der Waals surface area (Å²) < 4.78 is 36.3. The number of halogens is 3. The predicted octanol–water partition coefficient (Wildman–Crippen LogP) is 2.05. The lowest BCUT2D eigenvalue weighted by atomic mass is 10.1. The normalized spacial score (nSPS) is 10.7. The second kappa shape index (κ2) is 6.96. The van der Waals surface area contributed by atoms with Crippen LogP contribution in [-0.4, -0.2) is 42.3 Å². The van der Waals surface area contributed by atoms with E-state index in [-0.39, 0.29) is 12.2 Å². The van der Waals surface area contributed by atoms with E-state index in [1.807, 2.05) is 0 Å². The van der Waals surface area contributed by atoms with E-state index in [9.17, 15) is 18.0 Å². The molecule has 1 amide bonds. The minimum absolute atomic E-state index is 0.263. The lowest BCUT2D eigenvalue weighted by Crippen LogP contribution is -2.30. The first-order valence-corrected chi connectivity index (χ1v) is 5.85. The number of rotatable bonds is 3. The molecule has 0 spiro atoms. The van der Waals surface area contributed by atoms with Crippen molar-refractivity contribution in [1.29, 1.82) is 0 Å². The summed E-state index contributed by atoms with van der Waals surface area (Å²) in [5.41, 5.74) is 0.786. The molecule has 0 unspecified atom stereocenters. The SMILES string of the molecule is CN(CCC(F)(F)F)C(=O)c1cccc(C#CCO)c1. The molecule has 0 aliphatic heterocycles. The van der Waals surface area contributed by atoms with Gasteiger partial charge in [-0.25, -0.2) is 0 Å². The Hall–Kier alpha value is -2.00. The van der Waals surface area contributed by atoms with Gasteiger partial charge >= 0.3 is 6.18 Å². The first-order valence-electron chi connectivity index (χ1n) is 5.85. The molecule has 0 aliphatic rings. The highest BCUT2D eigenvalue weighted by molar-refractivity contribution is 5.94. The molecule has 0 radical (unpaired) electrons. The van der Waals surface area contributed by atoms with Crippen molar-refractivity contribution in [3.8, 4) is 11.8 Å². The van der Waals surface area contributed by atoms with Gasteiger partial charge < -0.3 is 10.0 Å². The third-order valence-electron chi connectivity index (χ3n) is 2.50. The summed E-state index contributed by atoms with van der Waals surface area (Å²) in [5, 5.41) is 8.59. The Balaban J connectivity index is 2.76. The van der Waals surface area contributed by atoms with Gasteiger partial charge in [-0.1, -0.05) is 17.9 Å². The lowest BCUT2D eigenvalue weighted by Gasteiger charge is -2.18. The third-order valence-corrected chi connectivity index (χ3v) is 2.50. The standard InChI is InChI=1S/C14H14F3NO2/c1-18(8-7-14(15,16)17)13(20)12-6-2-4-11(10-12)5-3-9-19/h2,4,6,10,19H,7-9H2,1H3. The van der Waals surface area contributed by atoms with Crippen LogP contribution in [0.2, 0.25) is 0 Å². The first kappa shape index (κ1) is 16.1. The monoisotopic (exact) mass is 285 g/mol. The van der Waals surface area contributed by atoms with Crippen molar-refractivity contribution in [2.24, 2.45) is 0 Å². The molecular weight excluding hydrogens is 271 g/mol. The van der Waals surface area contributed by atoms with E-state index in [4.69, 9.17) is 5.11 Å². The summed E-state index contributed by atoms with van der Waals surface area (Å²) in [7, 11) is 1.32. The number of alkyl halides is 3. The fourth-order valence-corrected chi connectivity index (χ4v) is 1.49. The summed E-state index contributed by atoms with van der Waals surface area (Å²) in [4.78, 5) is 13.0. The minimum Gasteiger partial charge on any atom is -0.384 e. The van der Waals surface area contributed by atoms with E-state index >= 15 is 0 Å². The summed E-state index contributed by atoms with van der Waals surface area (Å²) in [6.07, 6.45) is -5.33. The van der Waals surface area contributed by atoms with E-state index in [0.717, 1.165) is 4.90 Å². The molecular formula is C14H14F3NO2. The van der Waals surface area contributed by atoms with Gasteiger partial charge in [0.1, 0.15) is 6.61 Å². The molecule has 6 heteroatoms. The molecule has 1 N–H and O–H groups in total. The van der Waals surface area contributed by atoms with E-state index in [0.29, 0.717) is 5.56 Å². The second-order valence-electron chi connectivity index (χ2n) is 4.13. The number of carbonyl (C=O) groups is 1. The molecule has 108 valence electrons. The maximum absolute atomic E-state index is 12.1. The van der Waals surface area contributed by atoms with Crippen molar-refractivity contribution in [3.05, 3.63) is 35.4 Å². The van der Waals surface area contributed by atoms with Crippen molar-refractivity contribution < 1.29 is 23.1 Å². The highest BCUT2D eigenvalue weighted by atomic mass is 19.4. The van der Waals surface area contributed by atoms with Crippen LogP contribution in [0.25, 0.3) is 0 Å². The zero-order valence-electron chi connectivity index (χ0n) is 10.9. The maximum Gasteiger partial charge on any atom is 0.390 e. The van der Waals surface area contributed by atoms with Crippen LogP contribution in [0.4, 0.5) is 13.2 Å². The Morgan fingerprint density at radius 1 is 1.40 bits per heavy atom. The summed E-state index contributed by atoms with van der Waals surface area (Å²) in [6, 6.07) is 6.23. The summed E-state index contributed by atoms with van der Waals surface area (Å²) >= 11 is 0. The molecule has 0 atom stereocenters. The number of benzene rings is 1. The smallest absolute Gasteiger partial charge is 0.384 e. The topological polar surface area (TPSA) is 40.5 Å². The fourth-order valence-electron chi connectivity index (χ4n) is 1.49. The summed E-state index contributed by atoms with van der Waals surface area (Å²) in [6.45, 7) is -0.696. The Labute approximate surface area is 115 Å². The number of nitrogens with zero attached hydrogens (tertiary/aromatic N) is 1. The number of hydrogen-bond acceptors (Lipinski definition) is 2. The van der Waals surface area contributed by atoms with Gasteiger partial charge in [0.2, 0.25) is 0 Å². The molecule has 0 aromatic heterocycles. The lowest BCUT2D eigenvalue weighted by molar-refractivity contribution is -0.136.